The third kappa shape index (κ3) is 4.17. The number of nitrogens with one attached hydrogen (secondary N) is 1. The fraction of sp³-hybridized carbons (Fsp3) is 0.462. The molecule has 0 spiro atoms. The maximum absolute atomic E-state index is 11.6. The van der Waals surface area contributed by atoms with Crippen LogP contribution in [0.25, 0.3) is 0 Å². The molecule has 17 heavy (non-hydrogen) atoms. The topological polar surface area (TPSA) is 58.4 Å². The van der Waals surface area contributed by atoms with Crippen molar-refractivity contribution in [2.75, 3.05) is 19.4 Å². The van der Waals surface area contributed by atoms with Gasteiger partial charge in [0, 0.05) is 12.2 Å². The smallest absolute Gasteiger partial charge is 0.241 e. The van der Waals surface area contributed by atoms with Gasteiger partial charge in [0.05, 0.1) is 6.04 Å². The minimum absolute atomic E-state index is 0.158. The van der Waals surface area contributed by atoms with Crippen LogP contribution in [0.2, 0.25) is 0 Å². The van der Waals surface area contributed by atoms with Crippen LogP contribution in [0.3, 0.4) is 0 Å². The second kappa shape index (κ2) is 5.80. The lowest BCUT2D eigenvalue weighted by Gasteiger charge is -2.16. The number of carbonyl (C=O) groups is 1. The number of aryl methyl sites for hydroxylation is 1. The van der Waals surface area contributed by atoms with Crippen LogP contribution in [0.4, 0.5) is 5.69 Å². The monoisotopic (exact) mass is 235 g/mol. The largest absolute Gasteiger partial charge is 0.324 e. The Morgan fingerprint density at radius 2 is 2.12 bits per heavy atom. The Morgan fingerprint density at radius 3 is 2.65 bits per heavy atom. The molecule has 0 aromatic heterocycles. The van der Waals surface area contributed by atoms with Crippen molar-refractivity contribution in [3.05, 3.63) is 29.3 Å². The fourth-order valence-corrected chi connectivity index (χ4v) is 1.56. The summed E-state index contributed by atoms with van der Waals surface area (Å²) < 4.78 is 0. The molecule has 0 aliphatic heterocycles. The standard InChI is InChI=1S/C13H21N3O/c1-9-5-6-12(15-13(17)10(2)14)11(7-9)8-16(3)4/h5-7,10H,8,14H2,1-4H3,(H,15,17). The first-order valence-electron chi connectivity index (χ1n) is 5.71. The minimum Gasteiger partial charge on any atom is -0.324 e. The molecule has 0 heterocycles. The van der Waals surface area contributed by atoms with Crippen molar-refractivity contribution in [1.82, 2.24) is 4.90 Å². The summed E-state index contributed by atoms with van der Waals surface area (Å²) >= 11 is 0. The lowest BCUT2D eigenvalue weighted by molar-refractivity contribution is -0.117. The number of hydrogen-bond donors (Lipinski definition) is 2. The van der Waals surface area contributed by atoms with Crippen molar-refractivity contribution < 1.29 is 4.79 Å². The van der Waals surface area contributed by atoms with E-state index in [-0.39, 0.29) is 5.91 Å². The third-order valence-electron chi connectivity index (χ3n) is 2.42. The summed E-state index contributed by atoms with van der Waals surface area (Å²) in [6.07, 6.45) is 0. The van der Waals surface area contributed by atoms with E-state index in [0.29, 0.717) is 0 Å². The van der Waals surface area contributed by atoms with Gasteiger partial charge in [-0.15, -0.1) is 0 Å². The summed E-state index contributed by atoms with van der Waals surface area (Å²) in [5.74, 6) is -0.158. The minimum atomic E-state index is -0.497. The number of carbonyl (C=O) groups excluding carboxylic acids is 1. The van der Waals surface area contributed by atoms with E-state index < -0.39 is 6.04 Å². The Hall–Kier alpha value is -1.39. The van der Waals surface area contributed by atoms with Gasteiger partial charge in [-0.1, -0.05) is 17.7 Å². The average molecular weight is 235 g/mol. The van der Waals surface area contributed by atoms with Crippen molar-refractivity contribution in [2.45, 2.75) is 26.4 Å². The van der Waals surface area contributed by atoms with Gasteiger partial charge in [0.1, 0.15) is 0 Å². The van der Waals surface area contributed by atoms with E-state index in [0.717, 1.165) is 17.8 Å². The highest BCUT2D eigenvalue weighted by atomic mass is 16.2. The number of amides is 1. The predicted octanol–water partition coefficient (Wildman–Crippen LogP) is 1.34. The highest BCUT2D eigenvalue weighted by Crippen LogP contribution is 2.18. The van der Waals surface area contributed by atoms with E-state index in [1.807, 2.05) is 33.2 Å². The van der Waals surface area contributed by atoms with E-state index in [1.165, 1.54) is 5.56 Å². The summed E-state index contributed by atoms with van der Waals surface area (Å²) in [5.41, 5.74) is 8.66. The lowest BCUT2D eigenvalue weighted by atomic mass is 10.1. The molecule has 1 aromatic carbocycles. The van der Waals surface area contributed by atoms with Crippen molar-refractivity contribution in [2.24, 2.45) is 5.73 Å². The van der Waals surface area contributed by atoms with Crippen molar-refractivity contribution >= 4 is 11.6 Å². The van der Waals surface area contributed by atoms with Gasteiger partial charge in [-0.05, 0) is 39.6 Å². The van der Waals surface area contributed by atoms with Crippen LogP contribution in [0.15, 0.2) is 18.2 Å². The molecule has 94 valence electrons. The van der Waals surface area contributed by atoms with Crippen molar-refractivity contribution in [1.29, 1.82) is 0 Å². The number of nitrogens with two attached hydrogens (primary N) is 1. The molecule has 1 rings (SSSR count). The highest BCUT2D eigenvalue weighted by molar-refractivity contribution is 5.95. The second-order valence-corrected chi connectivity index (χ2v) is 4.68. The first-order chi connectivity index (χ1) is 7.90. The number of benzene rings is 1. The van der Waals surface area contributed by atoms with Gasteiger partial charge in [0.2, 0.25) is 5.91 Å². The summed E-state index contributed by atoms with van der Waals surface area (Å²) in [4.78, 5) is 13.7. The Balaban J connectivity index is 2.93. The number of rotatable bonds is 4. The molecule has 0 saturated heterocycles. The van der Waals surface area contributed by atoms with Crippen LogP contribution in [0.5, 0.6) is 0 Å². The van der Waals surface area contributed by atoms with Gasteiger partial charge in [-0.2, -0.15) is 0 Å². The maximum Gasteiger partial charge on any atom is 0.241 e. The highest BCUT2D eigenvalue weighted by Gasteiger charge is 2.11. The average Bonchev–Trinajstić information content (AvgIpc) is 2.20. The van der Waals surface area contributed by atoms with Gasteiger partial charge in [-0.25, -0.2) is 0 Å². The molecule has 0 bridgehead atoms. The van der Waals surface area contributed by atoms with Crippen LogP contribution in [-0.4, -0.2) is 30.9 Å². The Labute approximate surface area is 103 Å². The molecule has 1 atom stereocenters. The molecule has 1 unspecified atom stereocenters. The van der Waals surface area contributed by atoms with E-state index in [2.05, 4.69) is 16.3 Å². The molecule has 4 heteroatoms. The normalized spacial score (nSPS) is 12.6. The third-order valence-corrected chi connectivity index (χ3v) is 2.42. The zero-order chi connectivity index (χ0) is 13.0. The van der Waals surface area contributed by atoms with E-state index in [9.17, 15) is 4.79 Å². The molecular formula is C13H21N3O. The van der Waals surface area contributed by atoms with Gasteiger partial charge < -0.3 is 16.0 Å². The SMILES string of the molecule is Cc1ccc(NC(=O)C(C)N)c(CN(C)C)c1. The molecule has 0 aliphatic rings. The molecule has 1 amide bonds. The lowest BCUT2D eigenvalue weighted by Crippen LogP contribution is -2.33. The summed E-state index contributed by atoms with van der Waals surface area (Å²) in [6, 6.07) is 5.49. The van der Waals surface area contributed by atoms with Crippen LogP contribution in [0.1, 0.15) is 18.1 Å². The predicted molar refractivity (Wildman–Crippen MR) is 70.8 cm³/mol. The molecule has 1 aromatic rings. The Kier molecular flexibility index (Phi) is 4.66. The van der Waals surface area contributed by atoms with Crippen LogP contribution in [0, 0.1) is 6.92 Å². The van der Waals surface area contributed by atoms with Crippen molar-refractivity contribution in [3.8, 4) is 0 Å². The van der Waals surface area contributed by atoms with Gasteiger partial charge in [0.15, 0.2) is 0 Å². The number of anilines is 1. The van der Waals surface area contributed by atoms with E-state index in [4.69, 9.17) is 5.73 Å². The van der Waals surface area contributed by atoms with Crippen LogP contribution in [-0.2, 0) is 11.3 Å². The van der Waals surface area contributed by atoms with Crippen molar-refractivity contribution in [3.63, 3.8) is 0 Å². The number of hydrogen-bond acceptors (Lipinski definition) is 3. The molecule has 3 N–H and O–H groups in total. The Morgan fingerprint density at radius 1 is 1.47 bits per heavy atom. The van der Waals surface area contributed by atoms with Crippen LogP contribution >= 0.6 is 0 Å². The molecule has 0 saturated carbocycles. The number of nitrogens with zero attached hydrogens (tertiary/aromatic N) is 1. The van der Waals surface area contributed by atoms with Gasteiger partial charge >= 0.3 is 0 Å². The van der Waals surface area contributed by atoms with Crippen LogP contribution < -0.4 is 11.1 Å². The first-order valence-corrected chi connectivity index (χ1v) is 5.71. The molecule has 0 radical (unpaired) electrons. The van der Waals surface area contributed by atoms with E-state index in [1.54, 1.807) is 6.92 Å². The zero-order valence-electron chi connectivity index (χ0n) is 10.9. The summed E-state index contributed by atoms with van der Waals surface area (Å²) in [7, 11) is 4.00. The van der Waals surface area contributed by atoms with Gasteiger partial charge in [0.25, 0.3) is 0 Å². The Bertz CT molecular complexity index is 400. The fourth-order valence-electron chi connectivity index (χ4n) is 1.56. The second-order valence-electron chi connectivity index (χ2n) is 4.68. The summed E-state index contributed by atoms with van der Waals surface area (Å²) in [6.45, 7) is 4.50. The molecule has 0 fully saturated rings. The first kappa shape index (κ1) is 13.7. The zero-order valence-corrected chi connectivity index (χ0v) is 10.9. The quantitative estimate of drug-likeness (QED) is 0.828. The molecule has 0 aliphatic carbocycles. The molecular weight excluding hydrogens is 214 g/mol. The molecule has 4 nitrogen and oxygen atoms in total. The maximum atomic E-state index is 11.6. The summed E-state index contributed by atoms with van der Waals surface area (Å²) in [5, 5.41) is 2.85. The van der Waals surface area contributed by atoms with Gasteiger partial charge in [-0.3, -0.25) is 4.79 Å². The van der Waals surface area contributed by atoms with E-state index >= 15 is 0 Å².